The van der Waals surface area contributed by atoms with E-state index in [4.69, 9.17) is 0 Å². The number of benzene rings is 1. The maximum atomic E-state index is 4.58. The van der Waals surface area contributed by atoms with Crippen molar-refractivity contribution < 1.29 is 0 Å². The number of hydrogen-bond acceptors (Lipinski definition) is 3. The Bertz CT molecular complexity index is 519. The Hall–Kier alpha value is -1.00. The summed E-state index contributed by atoms with van der Waals surface area (Å²) in [4.78, 5) is 4.58. The minimum absolute atomic E-state index is 0.400. The van der Waals surface area contributed by atoms with Gasteiger partial charge in [0.25, 0.3) is 0 Å². The van der Waals surface area contributed by atoms with Gasteiger partial charge in [-0.05, 0) is 37.9 Å². The topological polar surface area (TPSA) is 29.9 Å². The van der Waals surface area contributed by atoms with Gasteiger partial charge in [0, 0.05) is 18.8 Å². The molecule has 1 atom stereocenters. The molecular weight excluding hydrogens is 230 g/mol. The third-order valence-electron chi connectivity index (χ3n) is 3.21. The van der Waals surface area contributed by atoms with Crippen molar-refractivity contribution in [2.75, 3.05) is 19.1 Å². The van der Waals surface area contributed by atoms with Crippen LogP contribution >= 0.6 is 11.8 Å². The average Bonchev–Trinajstić information content (AvgIpc) is 2.61. The molecule has 0 aliphatic rings. The van der Waals surface area contributed by atoms with Crippen LogP contribution in [-0.4, -0.2) is 28.6 Å². The number of nitrogens with one attached hydrogen (secondary N) is 1. The van der Waals surface area contributed by atoms with Crippen molar-refractivity contribution in [1.82, 2.24) is 14.9 Å². The Kier molecular flexibility index (Phi) is 3.74. The molecule has 0 aliphatic heterocycles. The van der Waals surface area contributed by atoms with Gasteiger partial charge in [-0.2, -0.15) is 11.8 Å². The zero-order chi connectivity index (χ0) is 12.4. The van der Waals surface area contributed by atoms with Crippen LogP contribution in [0.5, 0.6) is 0 Å². The fourth-order valence-corrected chi connectivity index (χ4v) is 2.76. The third kappa shape index (κ3) is 2.33. The lowest BCUT2D eigenvalue weighted by atomic mass is 10.1. The second kappa shape index (κ2) is 5.10. The monoisotopic (exact) mass is 249 g/mol. The number of nitrogens with zero attached hydrogens (tertiary/aromatic N) is 2. The first-order chi connectivity index (χ1) is 8.17. The Morgan fingerprint density at radius 1 is 1.47 bits per heavy atom. The molecule has 92 valence electrons. The normalized spacial score (nSPS) is 13.2. The highest BCUT2D eigenvalue weighted by molar-refractivity contribution is 7.98. The number of thioether (sulfide) groups is 1. The summed E-state index contributed by atoms with van der Waals surface area (Å²) < 4.78 is 2.13. The van der Waals surface area contributed by atoms with Crippen LogP contribution in [-0.2, 0) is 7.05 Å². The second-order valence-electron chi connectivity index (χ2n) is 4.26. The number of aryl methyl sites for hydroxylation is 2. The smallest absolute Gasteiger partial charge is 0.106 e. The standard InChI is InChI=1S/C13H19N3S/c1-9-15-11-7-10(12(14-2)8-17-4)5-6-13(11)16(9)3/h5-7,12,14H,8H2,1-4H3. The van der Waals surface area contributed by atoms with Crippen LogP contribution < -0.4 is 5.32 Å². The Balaban J connectivity index is 2.43. The van der Waals surface area contributed by atoms with Gasteiger partial charge >= 0.3 is 0 Å². The average molecular weight is 249 g/mol. The highest BCUT2D eigenvalue weighted by Crippen LogP contribution is 2.22. The minimum Gasteiger partial charge on any atom is -0.331 e. The van der Waals surface area contributed by atoms with Gasteiger partial charge in [0.15, 0.2) is 0 Å². The van der Waals surface area contributed by atoms with E-state index in [0.717, 1.165) is 17.1 Å². The lowest BCUT2D eigenvalue weighted by Gasteiger charge is -2.15. The molecule has 0 radical (unpaired) electrons. The third-order valence-corrected chi connectivity index (χ3v) is 3.88. The van der Waals surface area contributed by atoms with Gasteiger partial charge in [-0.3, -0.25) is 0 Å². The van der Waals surface area contributed by atoms with E-state index in [0.29, 0.717) is 6.04 Å². The number of aromatic nitrogens is 2. The van der Waals surface area contributed by atoms with Crippen LogP contribution in [0.15, 0.2) is 18.2 Å². The van der Waals surface area contributed by atoms with Gasteiger partial charge in [-0.15, -0.1) is 0 Å². The van der Waals surface area contributed by atoms with E-state index in [1.54, 1.807) is 0 Å². The first-order valence-corrected chi connectivity index (χ1v) is 7.16. The molecule has 1 aromatic heterocycles. The van der Waals surface area contributed by atoms with Crippen LogP contribution in [0, 0.1) is 6.92 Å². The van der Waals surface area contributed by atoms with E-state index in [9.17, 15) is 0 Å². The molecular formula is C13H19N3S. The van der Waals surface area contributed by atoms with Crippen molar-refractivity contribution in [2.45, 2.75) is 13.0 Å². The molecule has 0 bridgehead atoms. The van der Waals surface area contributed by atoms with Gasteiger partial charge < -0.3 is 9.88 Å². The highest BCUT2D eigenvalue weighted by Gasteiger charge is 2.11. The fraction of sp³-hybridized carbons (Fsp3) is 0.462. The number of hydrogen-bond donors (Lipinski definition) is 1. The predicted octanol–water partition coefficient (Wildman–Crippen LogP) is 2.51. The van der Waals surface area contributed by atoms with Crippen molar-refractivity contribution in [3.05, 3.63) is 29.6 Å². The van der Waals surface area contributed by atoms with E-state index in [2.05, 4.69) is 46.4 Å². The van der Waals surface area contributed by atoms with E-state index < -0.39 is 0 Å². The molecule has 0 saturated heterocycles. The molecule has 0 saturated carbocycles. The maximum absolute atomic E-state index is 4.58. The molecule has 0 fully saturated rings. The lowest BCUT2D eigenvalue weighted by molar-refractivity contribution is 0.663. The molecule has 3 nitrogen and oxygen atoms in total. The summed E-state index contributed by atoms with van der Waals surface area (Å²) in [5, 5.41) is 3.35. The van der Waals surface area contributed by atoms with Crippen LogP contribution in [0.3, 0.4) is 0 Å². The SMILES string of the molecule is CNC(CSC)c1ccc2c(c1)nc(C)n2C. The van der Waals surface area contributed by atoms with Gasteiger partial charge in [0.1, 0.15) is 5.82 Å². The molecule has 1 N–H and O–H groups in total. The fourth-order valence-electron chi connectivity index (χ4n) is 2.07. The summed E-state index contributed by atoms with van der Waals surface area (Å²) in [6, 6.07) is 6.95. The first-order valence-electron chi connectivity index (χ1n) is 5.76. The van der Waals surface area contributed by atoms with E-state index in [1.807, 2.05) is 25.7 Å². The summed E-state index contributed by atoms with van der Waals surface area (Å²) in [6.45, 7) is 2.04. The Morgan fingerprint density at radius 3 is 2.88 bits per heavy atom. The van der Waals surface area contributed by atoms with E-state index in [1.165, 1.54) is 11.1 Å². The van der Waals surface area contributed by atoms with Crippen LogP contribution in [0.4, 0.5) is 0 Å². The number of imidazole rings is 1. The number of rotatable bonds is 4. The van der Waals surface area contributed by atoms with Crippen LogP contribution in [0.25, 0.3) is 11.0 Å². The minimum atomic E-state index is 0.400. The zero-order valence-electron chi connectivity index (χ0n) is 10.8. The van der Waals surface area contributed by atoms with Crippen LogP contribution in [0.1, 0.15) is 17.4 Å². The molecule has 2 aromatic rings. The summed E-state index contributed by atoms with van der Waals surface area (Å²) in [6.07, 6.45) is 2.13. The van der Waals surface area contributed by atoms with Gasteiger partial charge in [0.05, 0.1) is 11.0 Å². The van der Waals surface area contributed by atoms with Crippen molar-refractivity contribution in [3.8, 4) is 0 Å². The quantitative estimate of drug-likeness (QED) is 0.903. The molecule has 4 heteroatoms. The van der Waals surface area contributed by atoms with E-state index >= 15 is 0 Å². The molecule has 2 rings (SSSR count). The Morgan fingerprint density at radius 2 is 2.24 bits per heavy atom. The molecule has 1 heterocycles. The van der Waals surface area contributed by atoms with Crippen molar-refractivity contribution in [2.24, 2.45) is 7.05 Å². The summed E-state index contributed by atoms with van der Waals surface area (Å²) in [5.41, 5.74) is 3.60. The molecule has 0 aliphatic carbocycles. The van der Waals surface area contributed by atoms with Crippen molar-refractivity contribution >= 4 is 22.8 Å². The molecule has 1 unspecified atom stereocenters. The molecule has 1 aromatic carbocycles. The van der Waals surface area contributed by atoms with Gasteiger partial charge in [-0.1, -0.05) is 6.07 Å². The highest BCUT2D eigenvalue weighted by atomic mass is 32.2. The predicted molar refractivity (Wildman–Crippen MR) is 75.6 cm³/mol. The first kappa shape index (κ1) is 12.5. The van der Waals surface area contributed by atoms with E-state index in [-0.39, 0.29) is 0 Å². The van der Waals surface area contributed by atoms with Gasteiger partial charge in [0.2, 0.25) is 0 Å². The lowest BCUT2D eigenvalue weighted by Crippen LogP contribution is -2.18. The van der Waals surface area contributed by atoms with Crippen molar-refractivity contribution in [1.29, 1.82) is 0 Å². The summed E-state index contributed by atoms with van der Waals surface area (Å²) in [5.74, 6) is 2.14. The largest absolute Gasteiger partial charge is 0.331 e. The maximum Gasteiger partial charge on any atom is 0.106 e. The van der Waals surface area contributed by atoms with Crippen molar-refractivity contribution in [3.63, 3.8) is 0 Å². The molecule has 0 amide bonds. The summed E-state index contributed by atoms with van der Waals surface area (Å²) in [7, 11) is 4.07. The second-order valence-corrected chi connectivity index (χ2v) is 5.17. The molecule has 0 spiro atoms. The van der Waals surface area contributed by atoms with Crippen LogP contribution in [0.2, 0.25) is 0 Å². The zero-order valence-corrected chi connectivity index (χ0v) is 11.6. The summed E-state index contributed by atoms with van der Waals surface area (Å²) >= 11 is 1.85. The molecule has 17 heavy (non-hydrogen) atoms. The van der Waals surface area contributed by atoms with Gasteiger partial charge in [-0.25, -0.2) is 4.98 Å². The Labute approximate surface area is 107 Å². The number of fused-ring (bicyclic) bond motifs is 1.